The van der Waals surface area contributed by atoms with Crippen LogP contribution >= 0.6 is 0 Å². The predicted octanol–water partition coefficient (Wildman–Crippen LogP) is 5.81. The summed E-state index contributed by atoms with van der Waals surface area (Å²) in [5.74, 6) is 0.592. The Morgan fingerprint density at radius 1 is 0.807 bits per heavy atom. The maximum absolute atomic E-state index is 13.9. The highest BCUT2D eigenvalue weighted by Gasteiger charge is 2.39. The number of rotatable bonds is 10. The van der Waals surface area contributed by atoms with E-state index in [2.05, 4.69) is 25.6 Å². The molecule has 2 aliphatic heterocycles. The zero-order chi connectivity index (χ0) is 40.5. The number of benzene rings is 2. The van der Waals surface area contributed by atoms with Crippen molar-refractivity contribution < 1.29 is 33.1 Å². The SMILES string of the molecule is COC(=O)N[C@H](C(=O)N1CCC[C@H]1c1ncc(-c2ccc3c(=O)c(-c4ccc5nc([C@@H]6CCCN6C(=O)[C@@H](NC(=O)OC)C(C)C)[nH]c5c4)coc3c2)[nH]1)C(C)C. The molecule has 0 aliphatic carbocycles. The molecule has 2 aromatic carbocycles. The van der Waals surface area contributed by atoms with Gasteiger partial charge in [-0.2, -0.15) is 0 Å². The van der Waals surface area contributed by atoms with Crippen molar-refractivity contribution in [3.8, 4) is 22.4 Å². The average Bonchev–Trinajstić information content (AvgIpc) is 4.04. The summed E-state index contributed by atoms with van der Waals surface area (Å²) in [6.07, 6.45) is 4.86. The fourth-order valence-corrected chi connectivity index (χ4v) is 7.89. The Morgan fingerprint density at radius 3 is 2.00 bits per heavy atom. The van der Waals surface area contributed by atoms with Crippen LogP contribution < -0.4 is 16.1 Å². The van der Waals surface area contributed by atoms with E-state index >= 15 is 0 Å². The van der Waals surface area contributed by atoms with E-state index in [4.69, 9.17) is 18.9 Å². The molecule has 0 saturated carbocycles. The molecule has 16 heteroatoms. The van der Waals surface area contributed by atoms with Gasteiger partial charge in [-0.15, -0.1) is 0 Å². The molecule has 4 atom stereocenters. The third kappa shape index (κ3) is 7.67. The fourth-order valence-electron chi connectivity index (χ4n) is 7.89. The summed E-state index contributed by atoms with van der Waals surface area (Å²) in [4.78, 5) is 84.7. The molecule has 4 N–H and O–H groups in total. The third-order valence-electron chi connectivity index (χ3n) is 11.0. The number of nitrogens with one attached hydrogen (secondary N) is 4. The van der Waals surface area contributed by atoms with Crippen LogP contribution in [0.4, 0.5) is 9.59 Å². The first-order valence-corrected chi connectivity index (χ1v) is 19.3. The molecule has 2 saturated heterocycles. The van der Waals surface area contributed by atoms with E-state index in [1.165, 1.54) is 20.5 Å². The lowest BCUT2D eigenvalue weighted by Gasteiger charge is -2.30. The molecule has 5 aromatic rings. The molecule has 2 fully saturated rings. The third-order valence-corrected chi connectivity index (χ3v) is 11.0. The van der Waals surface area contributed by atoms with E-state index in [-0.39, 0.29) is 41.2 Å². The summed E-state index contributed by atoms with van der Waals surface area (Å²) in [6, 6.07) is 8.80. The van der Waals surface area contributed by atoms with Gasteiger partial charge in [-0.25, -0.2) is 19.6 Å². The summed E-state index contributed by atoms with van der Waals surface area (Å²) >= 11 is 0. The van der Waals surface area contributed by atoms with Gasteiger partial charge in [0.25, 0.3) is 0 Å². The zero-order valence-electron chi connectivity index (χ0n) is 32.9. The maximum Gasteiger partial charge on any atom is 0.407 e. The molecule has 0 radical (unpaired) electrons. The van der Waals surface area contributed by atoms with Crippen LogP contribution in [0.5, 0.6) is 0 Å². The minimum absolute atomic E-state index is 0.145. The van der Waals surface area contributed by atoms with E-state index in [0.717, 1.165) is 24.8 Å². The van der Waals surface area contributed by atoms with Crippen molar-refractivity contribution in [2.45, 2.75) is 77.5 Å². The van der Waals surface area contributed by atoms with Crippen molar-refractivity contribution in [2.75, 3.05) is 27.3 Å². The molecule has 300 valence electrons. The quantitative estimate of drug-likeness (QED) is 0.134. The first-order chi connectivity index (χ1) is 27.4. The Balaban J connectivity index is 1.10. The van der Waals surface area contributed by atoms with Gasteiger partial charge in [-0.05, 0) is 67.3 Å². The minimum atomic E-state index is -0.740. The molecule has 7 rings (SSSR count). The first kappa shape index (κ1) is 39.1. The monoisotopic (exact) mass is 780 g/mol. The number of likely N-dealkylation sites (tertiary alicyclic amines) is 2. The topological polar surface area (TPSA) is 205 Å². The van der Waals surface area contributed by atoms with E-state index in [1.807, 2.05) is 52.0 Å². The molecular weight excluding hydrogens is 732 g/mol. The van der Waals surface area contributed by atoms with Crippen LogP contribution in [0.1, 0.15) is 77.1 Å². The van der Waals surface area contributed by atoms with Gasteiger partial charge >= 0.3 is 12.2 Å². The summed E-state index contributed by atoms with van der Waals surface area (Å²) in [6.45, 7) is 8.57. The Kier molecular flexibility index (Phi) is 11.0. The van der Waals surface area contributed by atoms with E-state index in [1.54, 1.807) is 28.1 Å². The maximum atomic E-state index is 13.9. The second-order valence-corrected chi connectivity index (χ2v) is 15.3. The van der Waals surface area contributed by atoms with E-state index in [0.29, 0.717) is 70.0 Å². The van der Waals surface area contributed by atoms with E-state index in [9.17, 15) is 24.0 Å². The number of nitrogens with zero attached hydrogens (tertiary/aromatic N) is 4. The van der Waals surface area contributed by atoms with Gasteiger partial charge in [-0.1, -0.05) is 39.8 Å². The number of hydrogen-bond acceptors (Lipinski definition) is 10. The predicted molar refractivity (Wildman–Crippen MR) is 211 cm³/mol. The van der Waals surface area contributed by atoms with Crippen molar-refractivity contribution in [1.29, 1.82) is 0 Å². The number of aromatic amines is 2. The number of hydrogen-bond donors (Lipinski definition) is 4. The Hall–Kier alpha value is -6.19. The lowest BCUT2D eigenvalue weighted by molar-refractivity contribution is -0.136. The highest BCUT2D eigenvalue weighted by molar-refractivity contribution is 5.89. The zero-order valence-corrected chi connectivity index (χ0v) is 32.9. The van der Waals surface area contributed by atoms with Gasteiger partial charge in [0.2, 0.25) is 11.8 Å². The average molecular weight is 781 g/mol. The number of imidazole rings is 2. The summed E-state index contributed by atoms with van der Waals surface area (Å²) < 4.78 is 15.6. The molecule has 2 aliphatic rings. The Bertz CT molecular complexity index is 2380. The highest BCUT2D eigenvalue weighted by atomic mass is 16.5. The van der Waals surface area contributed by atoms with E-state index < -0.39 is 24.3 Å². The summed E-state index contributed by atoms with van der Waals surface area (Å²) in [5.41, 5.74) is 4.10. The lowest BCUT2D eigenvalue weighted by atomic mass is 10.0. The normalized spacial score (nSPS) is 18.0. The fraction of sp³-hybridized carbons (Fsp3) is 0.439. The largest absolute Gasteiger partial charge is 0.463 e. The van der Waals surface area contributed by atoms with Crippen LogP contribution in [0.3, 0.4) is 0 Å². The summed E-state index contributed by atoms with van der Waals surface area (Å²) in [5, 5.41) is 5.75. The standard InChI is InChI=1S/C41H48N8O8/c1-21(2)33(46-40(53)55-5)38(51)48-15-7-9-30(48)36-42-19-29(45-36)24-11-13-25-32(18-24)57-20-26(35(25)50)23-12-14-27-28(17-23)44-37(43-27)31-10-8-16-49(31)39(52)34(22(3)4)47-41(54)56-6/h11-14,17-22,30-31,33-34H,7-10,15-16H2,1-6H3,(H,42,45)(H,43,44)(H,46,53)(H,47,54)/t30-,31-,33-,34-/m0/s1. The van der Waals surface area contributed by atoms with Crippen LogP contribution in [-0.2, 0) is 19.1 Å². The van der Waals surface area contributed by atoms with Gasteiger partial charge in [0.05, 0.1) is 60.2 Å². The minimum Gasteiger partial charge on any atom is -0.463 e. The van der Waals surface area contributed by atoms with Gasteiger partial charge in [-0.3, -0.25) is 14.4 Å². The number of amides is 4. The van der Waals surface area contributed by atoms with Crippen molar-refractivity contribution in [3.05, 3.63) is 70.7 Å². The van der Waals surface area contributed by atoms with Crippen molar-refractivity contribution in [3.63, 3.8) is 0 Å². The van der Waals surface area contributed by atoms with Crippen molar-refractivity contribution in [1.82, 2.24) is 40.4 Å². The van der Waals surface area contributed by atoms with Gasteiger partial charge in [0.15, 0.2) is 5.43 Å². The van der Waals surface area contributed by atoms with Crippen molar-refractivity contribution in [2.24, 2.45) is 11.8 Å². The number of carbonyl (C=O) groups excluding carboxylic acids is 4. The second-order valence-electron chi connectivity index (χ2n) is 15.3. The second kappa shape index (κ2) is 16.1. The van der Waals surface area contributed by atoms with Crippen LogP contribution in [0.15, 0.2) is 58.1 Å². The molecule has 16 nitrogen and oxygen atoms in total. The van der Waals surface area contributed by atoms with Crippen LogP contribution in [0, 0.1) is 11.8 Å². The number of H-pyrrole nitrogens is 2. The van der Waals surface area contributed by atoms with Crippen LogP contribution in [0.25, 0.3) is 44.4 Å². The smallest absolute Gasteiger partial charge is 0.407 e. The van der Waals surface area contributed by atoms with Gasteiger partial charge in [0, 0.05) is 18.7 Å². The number of alkyl carbamates (subject to hydrolysis) is 2. The molecule has 0 bridgehead atoms. The van der Waals surface area contributed by atoms with Crippen LogP contribution in [0.2, 0.25) is 0 Å². The van der Waals surface area contributed by atoms with Gasteiger partial charge < -0.3 is 44.3 Å². The molecule has 3 aromatic heterocycles. The number of carbonyl (C=O) groups is 4. The molecule has 0 unspecified atom stereocenters. The van der Waals surface area contributed by atoms with Crippen LogP contribution in [-0.4, -0.2) is 93.1 Å². The molecule has 57 heavy (non-hydrogen) atoms. The first-order valence-electron chi connectivity index (χ1n) is 19.3. The molecule has 5 heterocycles. The molecule has 0 spiro atoms. The number of methoxy groups -OCH3 is 2. The number of ether oxygens (including phenoxy) is 2. The Labute approximate surface area is 328 Å². The van der Waals surface area contributed by atoms with Crippen molar-refractivity contribution >= 4 is 46.0 Å². The molecular formula is C41H48N8O8. The van der Waals surface area contributed by atoms with Gasteiger partial charge in [0.1, 0.15) is 35.6 Å². The lowest BCUT2D eigenvalue weighted by Crippen LogP contribution is -2.51. The highest BCUT2D eigenvalue weighted by Crippen LogP contribution is 2.35. The summed E-state index contributed by atoms with van der Waals surface area (Å²) in [7, 11) is 2.54. The Morgan fingerprint density at radius 2 is 1.40 bits per heavy atom. The number of fused-ring (bicyclic) bond motifs is 2. The number of aromatic nitrogens is 4. The molecule has 4 amide bonds.